The fourth-order valence-corrected chi connectivity index (χ4v) is 5.20. The number of rotatable bonds is 2. The number of hydrogen-bond acceptors (Lipinski definition) is 5. The molecule has 0 radical (unpaired) electrons. The lowest BCUT2D eigenvalue weighted by molar-refractivity contribution is 0.0354. The van der Waals surface area contributed by atoms with Crippen molar-refractivity contribution in [1.82, 2.24) is 14.9 Å². The average Bonchev–Trinajstić information content (AvgIpc) is 3.06. The second-order valence-electron chi connectivity index (χ2n) is 7.47. The molecule has 4 aliphatic rings. The van der Waals surface area contributed by atoms with Crippen molar-refractivity contribution in [3.05, 3.63) is 48.0 Å². The summed E-state index contributed by atoms with van der Waals surface area (Å²) in [6.45, 7) is 3.23. The summed E-state index contributed by atoms with van der Waals surface area (Å²) in [5.74, 6) is 2.31. The molecule has 5 nitrogen and oxygen atoms in total. The number of nitrogens with zero attached hydrogens (tertiary/aromatic N) is 4. The summed E-state index contributed by atoms with van der Waals surface area (Å²) in [6, 6.07) is 9.83. The minimum atomic E-state index is -0.177. The van der Waals surface area contributed by atoms with E-state index in [-0.39, 0.29) is 5.82 Å². The Hall–Kier alpha value is -2.21. The number of anilines is 2. The Kier molecular flexibility index (Phi) is 3.41. The van der Waals surface area contributed by atoms with Crippen molar-refractivity contribution in [2.45, 2.75) is 30.8 Å². The molecule has 0 unspecified atom stereocenters. The van der Waals surface area contributed by atoms with Gasteiger partial charge in [0.1, 0.15) is 23.8 Å². The third kappa shape index (κ3) is 2.39. The normalized spacial score (nSPS) is 33.5. The van der Waals surface area contributed by atoms with Gasteiger partial charge in [0.05, 0.1) is 0 Å². The van der Waals surface area contributed by atoms with Gasteiger partial charge in [-0.2, -0.15) is 0 Å². The smallest absolute Gasteiger partial charge is 0.134 e. The van der Waals surface area contributed by atoms with Crippen LogP contribution in [0, 0.1) is 11.7 Å². The van der Waals surface area contributed by atoms with Crippen molar-refractivity contribution in [2.75, 3.05) is 30.3 Å². The van der Waals surface area contributed by atoms with Crippen LogP contribution in [0.5, 0.6) is 0 Å². The van der Waals surface area contributed by atoms with Gasteiger partial charge in [0.25, 0.3) is 0 Å². The maximum absolute atomic E-state index is 13.4. The molecular formula is C19H22FN5. The van der Waals surface area contributed by atoms with Crippen LogP contribution in [0.3, 0.4) is 0 Å². The zero-order chi connectivity index (χ0) is 17.0. The molecule has 4 saturated heterocycles. The first kappa shape index (κ1) is 15.1. The molecule has 2 bridgehead atoms. The highest BCUT2D eigenvalue weighted by Gasteiger charge is 2.53. The molecule has 1 aromatic heterocycles. The molecule has 0 spiro atoms. The summed E-state index contributed by atoms with van der Waals surface area (Å²) in [6.07, 6.45) is 4.04. The van der Waals surface area contributed by atoms with Gasteiger partial charge in [-0.15, -0.1) is 0 Å². The number of fused-ring (bicyclic) bond motifs is 2. The van der Waals surface area contributed by atoms with E-state index in [1.54, 1.807) is 18.5 Å². The number of aromatic nitrogens is 2. The van der Waals surface area contributed by atoms with E-state index in [9.17, 15) is 4.39 Å². The molecule has 4 aliphatic heterocycles. The molecule has 2 aromatic rings. The van der Waals surface area contributed by atoms with Gasteiger partial charge in [-0.25, -0.2) is 14.4 Å². The SMILES string of the molecule is Nc1cc(N2C[C@H](c3ccc(F)cc3)[C@H]3[C@@H]2C2CCN3CC2)ncn1. The number of halogens is 1. The predicted molar refractivity (Wildman–Crippen MR) is 94.8 cm³/mol. The van der Waals surface area contributed by atoms with Crippen LogP contribution in [0.25, 0.3) is 0 Å². The molecule has 1 aromatic carbocycles. The Bertz CT molecular complexity index is 772. The van der Waals surface area contributed by atoms with E-state index < -0.39 is 0 Å². The van der Waals surface area contributed by atoms with Crippen LogP contribution < -0.4 is 10.6 Å². The van der Waals surface area contributed by atoms with Crippen LogP contribution in [0.4, 0.5) is 16.0 Å². The van der Waals surface area contributed by atoms with E-state index in [1.165, 1.54) is 31.5 Å². The van der Waals surface area contributed by atoms with Gasteiger partial charge in [0, 0.05) is 30.6 Å². The molecular weight excluding hydrogens is 317 g/mol. The lowest BCUT2D eigenvalue weighted by atomic mass is 9.75. The molecule has 0 aliphatic carbocycles. The summed E-state index contributed by atoms with van der Waals surface area (Å²) in [4.78, 5) is 13.6. The number of nitrogen functional groups attached to an aromatic ring is 1. The first-order valence-corrected chi connectivity index (χ1v) is 9.04. The maximum atomic E-state index is 13.4. The second-order valence-corrected chi connectivity index (χ2v) is 7.47. The summed E-state index contributed by atoms with van der Waals surface area (Å²) in [7, 11) is 0. The van der Waals surface area contributed by atoms with Crippen molar-refractivity contribution >= 4 is 11.6 Å². The quantitative estimate of drug-likeness (QED) is 0.909. The summed E-state index contributed by atoms with van der Waals surface area (Å²) in [5.41, 5.74) is 7.12. The number of nitrogens with two attached hydrogens (primary N) is 1. The van der Waals surface area contributed by atoms with Crippen molar-refractivity contribution < 1.29 is 4.39 Å². The molecule has 6 rings (SSSR count). The average molecular weight is 339 g/mol. The predicted octanol–water partition coefficient (Wildman–Crippen LogP) is 2.26. The zero-order valence-corrected chi connectivity index (χ0v) is 14.1. The summed E-state index contributed by atoms with van der Waals surface area (Å²) < 4.78 is 13.4. The van der Waals surface area contributed by atoms with Crippen molar-refractivity contribution in [1.29, 1.82) is 0 Å². The Balaban J connectivity index is 1.56. The zero-order valence-electron chi connectivity index (χ0n) is 14.1. The van der Waals surface area contributed by atoms with Crippen molar-refractivity contribution in [3.8, 4) is 0 Å². The van der Waals surface area contributed by atoms with Crippen LogP contribution in [-0.2, 0) is 0 Å². The van der Waals surface area contributed by atoms with Crippen LogP contribution in [0.1, 0.15) is 24.3 Å². The molecule has 2 N–H and O–H groups in total. The highest BCUT2D eigenvalue weighted by Crippen LogP contribution is 2.47. The highest BCUT2D eigenvalue weighted by atomic mass is 19.1. The Morgan fingerprint density at radius 1 is 1.04 bits per heavy atom. The fraction of sp³-hybridized carbons (Fsp3) is 0.474. The summed E-state index contributed by atoms with van der Waals surface area (Å²) >= 11 is 0. The standard InChI is InChI=1S/C19H22FN5/c20-14-3-1-12(2-4-14)15-10-25(17-9-16(21)22-11-23-17)18-13-5-7-24(8-6-13)19(15)18/h1-4,9,11,13,15,18-19H,5-8,10H2,(H2,21,22,23)/t15-,18+,19+/m1/s1. The molecule has 25 heavy (non-hydrogen) atoms. The van der Waals surface area contributed by atoms with Crippen LogP contribution in [0.15, 0.2) is 36.7 Å². The molecule has 5 heterocycles. The Labute approximate surface area is 146 Å². The van der Waals surface area contributed by atoms with Crippen LogP contribution >= 0.6 is 0 Å². The third-order valence-corrected chi connectivity index (χ3v) is 6.26. The molecule has 130 valence electrons. The van der Waals surface area contributed by atoms with Crippen LogP contribution in [-0.4, -0.2) is 46.6 Å². The van der Waals surface area contributed by atoms with E-state index >= 15 is 0 Å². The van der Waals surface area contributed by atoms with Gasteiger partial charge in [-0.1, -0.05) is 12.1 Å². The fourth-order valence-electron chi connectivity index (χ4n) is 5.20. The number of benzene rings is 1. The van der Waals surface area contributed by atoms with Crippen molar-refractivity contribution in [2.24, 2.45) is 5.92 Å². The topological polar surface area (TPSA) is 58.3 Å². The van der Waals surface area contributed by atoms with E-state index in [0.29, 0.717) is 29.7 Å². The lowest BCUT2D eigenvalue weighted by Crippen LogP contribution is -2.60. The first-order valence-electron chi connectivity index (χ1n) is 9.04. The van der Waals surface area contributed by atoms with Gasteiger partial charge in [-0.3, -0.25) is 4.90 Å². The van der Waals surface area contributed by atoms with Gasteiger partial charge in [0.15, 0.2) is 0 Å². The Morgan fingerprint density at radius 3 is 2.52 bits per heavy atom. The summed E-state index contributed by atoms with van der Waals surface area (Å²) in [5, 5.41) is 0. The molecule has 0 saturated carbocycles. The van der Waals surface area contributed by atoms with Gasteiger partial charge >= 0.3 is 0 Å². The van der Waals surface area contributed by atoms with E-state index in [1.807, 2.05) is 18.2 Å². The lowest BCUT2D eigenvalue weighted by Gasteiger charge is -2.51. The molecule has 0 amide bonds. The van der Waals surface area contributed by atoms with E-state index in [4.69, 9.17) is 5.73 Å². The monoisotopic (exact) mass is 339 g/mol. The third-order valence-electron chi connectivity index (χ3n) is 6.26. The highest BCUT2D eigenvalue weighted by molar-refractivity contribution is 5.51. The van der Waals surface area contributed by atoms with Crippen molar-refractivity contribution in [3.63, 3.8) is 0 Å². The molecule has 6 heteroatoms. The second kappa shape index (κ2) is 5.66. The Morgan fingerprint density at radius 2 is 1.80 bits per heavy atom. The number of piperidine rings is 3. The van der Waals surface area contributed by atoms with Gasteiger partial charge in [0.2, 0.25) is 0 Å². The van der Waals surface area contributed by atoms with E-state index in [0.717, 1.165) is 12.4 Å². The van der Waals surface area contributed by atoms with Gasteiger partial charge < -0.3 is 10.6 Å². The van der Waals surface area contributed by atoms with E-state index in [2.05, 4.69) is 19.8 Å². The van der Waals surface area contributed by atoms with Crippen LogP contribution in [0.2, 0.25) is 0 Å². The minimum Gasteiger partial charge on any atom is -0.384 e. The largest absolute Gasteiger partial charge is 0.384 e. The molecule has 3 atom stereocenters. The van der Waals surface area contributed by atoms with Gasteiger partial charge in [-0.05, 0) is 49.5 Å². The molecule has 4 fully saturated rings. The first-order chi connectivity index (χ1) is 12.2. The number of hydrogen-bond donors (Lipinski definition) is 1. The minimum absolute atomic E-state index is 0.177. The maximum Gasteiger partial charge on any atom is 0.134 e.